The predicted octanol–water partition coefficient (Wildman–Crippen LogP) is 3.54. The fraction of sp³-hybridized carbons (Fsp3) is 0.500. The van der Waals surface area contributed by atoms with Crippen LogP contribution in [0.1, 0.15) is 57.9 Å². The molecule has 2 aliphatic rings. The molecule has 150 valence electrons. The lowest BCUT2D eigenvalue weighted by Crippen LogP contribution is -2.45. The SMILES string of the molecule is CCCCC1(c2ccccc2)NC(=O)N(CC(=O)N(CC)C2=CCCC2)C1=O. The lowest BCUT2D eigenvalue weighted by Gasteiger charge is -2.28. The van der Waals surface area contributed by atoms with Crippen molar-refractivity contribution in [2.75, 3.05) is 13.1 Å². The van der Waals surface area contributed by atoms with Crippen LogP contribution in [0.4, 0.5) is 4.79 Å². The molecule has 6 nitrogen and oxygen atoms in total. The highest BCUT2D eigenvalue weighted by Gasteiger charge is 2.52. The molecular formula is C22H29N3O3. The van der Waals surface area contributed by atoms with Crippen LogP contribution < -0.4 is 5.32 Å². The molecule has 1 heterocycles. The molecule has 0 aromatic heterocycles. The number of carbonyl (C=O) groups is 3. The summed E-state index contributed by atoms with van der Waals surface area (Å²) in [4.78, 5) is 41.7. The number of hydrogen-bond donors (Lipinski definition) is 1. The maximum absolute atomic E-state index is 13.4. The van der Waals surface area contributed by atoms with Gasteiger partial charge in [-0.1, -0.05) is 56.2 Å². The third kappa shape index (κ3) is 3.68. The van der Waals surface area contributed by atoms with Crippen LogP contribution in [-0.2, 0) is 15.1 Å². The fourth-order valence-corrected chi connectivity index (χ4v) is 4.10. The van der Waals surface area contributed by atoms with Gasteiger partial charge in [0.1, 0.15) is 12.1 Å². The molecule has 1 atom stereocenters. The molecule has 3 rings (SSSR count). The Morgan fingerprint density at radius 3 is 2.57 bits per heavy atom. The highest BCUT2D eigenvalue weighted by atomic mass is 16.2. The zero-order valence-electron chi connectivity index (χ0n) is 16.7. The number of allylic oxidation sites excluding steroid dienone is 2. The van der Waals surface area contributed by atoms with E-state index in [0.717, 1.165) is 48.3 Å². The Morgan fingerprint density at radius 1 is 1.21 bits per heavy atom. The molecule has 1 N–H and O–H groups in total. The normalized spacial score (nSPS) is 21.6. The van der Waals surface area contributed by atoms with Gasteiger partial charge in [-0.25, -0.2) is 4.79 Å². The number of imide groups is 1. The topological polar surface area (TPSA) is 69.7 Å². The molecule has 1 unspecified atom stereocenters. The minimum absolute atomic E-state index is 0.210. The maximum atomic E-state index is 13.4. The largest absolute Gasteiger partial charge is 0.325 e. The molecular weight excluding hydrogens is 354 g/mol. The van der Waals surface area contributed by atoms with Crippen LogP contribution in [0.5, 0.6) is 0 Å². The van der Waals surface area contributed by atoms with Gasteiger partial charge in [-0.05, 0) is 38.2 Å². The van der Waals surface area contributed by atoms with E-state index in [9.17, 15) is 14.4 Å². The van der Waals surface area contributed by atoms with Gasteiger partial charge >= 0.3 is 6.03 Å². The van der Waals surface area contributed by atoms with Gasteiger partial charge in [0.15, 0.2) is 0 Å². The molecule has 0 spiro atoms. The first-order chi connectivity index (χ1) is 13.5. The molecule has 1 aliphatic carbocycles. The van der Waals surface area contributed by atoms with Gasteiger partial charge in [-0.3, -0.25) is 14.5 Å². The van der Waals surface area contributed by atoms with Gasteiger partial charge in [0.2, 0.25) is 5.91 Å². The summed E-state index contributed by atoms with van der Waals surface area (Å²) in [6.45, 7) is 4.28. The summed E-state index contributed by atoms with van der Waals surface area (Å²) >= 11 is 0. The summed E-state index contributed by atoms with van der Waals surface area (Å²) in [5, 5.41) is 2.90. The minimum atomic E-state index is -1.09. The van der Waals surface area contributed by atoms with Gasteiger partial charge in [-0.15, -0.1) is 0 Å². The minimum Gasteiger partial charge on any atom is -0.319 e. The van der Waals surface area contributed by atoms with Crippen molar-refractivity contribution >= 4 is 17.8 Å². The molecule has 0 bridgehead atoms. The molecule has 0 saturated carbocycles. The summed E-state index contributed by atoms with van der Waals surface area (Å²) in [6, 6.07) is 8.84. The van der Waals surface area contributed by atoms with Gasteiger partial charge in [-0.2, -0.15) is 0 Å². The molecule has 1 saturated heterocycles. The van der Waals surface area contributed by atoms with E-state index in [2.05, 4.69) is 18.3 Å². The number of nitrogens with one attached hydrogen (secondary N) is 1. The van der Waals surface area contributed by atoms with E-state index < -0.39 is 11.6 Å². The van der Waals surface area contributed by atoms with Crippen molar-refractivity contribution in [3.05, 3.63) is 47.7 Å². The Balaban J connectivity index is 1.84. The molecule has 1 aromatic carbocycles. The molecule has 1 aromatic rings. The monoisotopic (exact) mass is 383 g/mol. The number of benzene rings is 1. The van der Waals surface area contributed by atoms with E-state index in [0.29, 0.717) is 13.0 Å². The molecule has 28 heavy (non-hydrogen) atoms. The Kier molecular flexibility index (Phi) is 6.17. The number of rotatable bonds is 8. The standard InChI is InChI=1S/C22H29N3O3/c1-3-5-15-22(17-11-7-6-8-12-17)20(27)25(21(28)23-22)16-19(26)24(4-2)18-13-9-10-14-18/h6-8,11-13H,3-5,9-10,14-16H2,1-2H3,(H,23,28). The maximum Gasteiger partial charge on any atom is 0.325 e. The van der Waals surface area contributed by atoms with Crippen molar-refractivity contribution in [2.24, 2.45) is 0 Å². The van der Waals surface area contributed by atoms with E-state index in [1.165, 1.54) is 0 Å². The van der Waals surface area contributed by atoms with Crippen LogP contribution in [0.25, 0.3) is 0 Å². The highest BCUT2D eigenvalue weighted by Crippen LogP contribution is 2.34. The number of hydrogen-bond acceptors (Lipinski definition) is 3. The van der Waals surface area contributed by atoms with Crippen LogP contribution in [0.15, 0.2) is 42.1 Å². The zero-order chi connectivity index (χ0) is 20.1. The van der Waals surface area contributed by atoms with Crippen LogP contribution in [0.2, 0.25) is 0 Å². The summed E-state index contributed by atoms with van der Waals surface area (Å²) in [5.74, 6) is -0.541. The lowest BCUT2D eigenvalue weighted by atomic mass is 9.85. The van der Waals surface area contributed by atoms with Gasteiger partial charge in [0, 0.05) is 12.2 Å². The zero-order valence-corrected chi connectivity index (χ0v) is 16.7. The number of carbonyl (C=O) groups excluding carboxylic acids is 3. The summed E-state index contributed by atoms with van der Waals surface area (Å²) in [7, 11) is 0. The number of likely N-dealkylation sites (N-methyl/N-ethyl adjacent to an activating group) is 1. The van der Waals surface area contributed by atoms with Gasteiger partial charge in [0.25, 0.3) is 5.91 Å². The van der Waals surface area contributed by atoms with E-state index in [1.807, 2.05) is 37.3 Å². The third-order valence-corrected chi connectivity index (χ3v) is 5.62. The summed E-state index contributed by atoms with van der Waals surface area (Å²) in [6.07, 6.45) is 7.18. The van der Waals surface area contributed by atoms with Gasteiger partial charge in [0.05, 0.1) is 0 Å². The lowest BCUT2D eigenvalue weighted by molar-refractivity contribution is -0.138. The Morgan fingerprint density at radius 2 is 1.96 bits per heavy atom. The Hall–Kier alpha value is -2.63. The Bertz CT molecular complexity index is 774. The van der Waals surface area contributed by atoms with Crippen molar-refractivity contribution < 1.29 is 14.4 Å². The smallest absolute Gasteiger partial charge is 0.319 e. The Labute approximate surface area is 166 Å². The van der Waals surface area contributed by atoms with Crippen molar-refractivity contribution in [3.63, 3.8) is 0 Å². The number of amides is 4. The first-order valence-electron chi connectivity index (χ1n) is 10.2. The first-order valence-corrected chi connectivity index (χ1v) is 10.2. The predicted molar refractivity (Wildman–Crippen MR) is 107 cm³/mol. The van der Waals surface area contributed by atoms with Crippen molar-refractivity contribution in [3.8, 4) is 0 Å². The second-order valence-electron chi connectivity index (χ2n) is 7.42. The van der Waals surface area contributed by atoms with E-state index in [-0.39, 0.29) is 18.4 Å². The van der Waals surface area contributed by atoms with Crippen LogP contribution in [-0.4, -0.2) is 40.7 Å². The number of unbranched alkanes of at least 4 members (excludes halogenated alkanes) is 1. The number of nitrogens with zero attached hydrogens (tertiary/aromatic N) is 2. The van der Waals surface area contributed by atoms with Crippen LogP contribution in [0.3, 0.4) is 0 Å². The highest BCUT2D eigenvalue weighted by molar-refractivity contribution is 6.09. The third-order valence-electron chi connectivity index (χ3n) is 5.62. The summed E-state index contributed by atoms with van der Waals surface area (Å²) < 4.78 is 0. The fourth-order valence-electron chi connectivity index (χ4n) is 4.10. The molecule has 1 aliphatic heterocycles. The average Bonchev–Trinajstić information content (AvgIpc) is 3.31. The van der Waals surface area contributed by atoms with E-state index >= 15 is 0 Å². The second-order valence-corrected chi connectivity index (χ2v) is 7.42. The van der Waals surface area contributed by atoms with Crippen molar-refractivity contribution in [2.45, 2.75) is 57.9 Å². The quantitative estimate of drug-likeness (QED) is 0.698. The van der Waals surface area contributed by atoms with Gasteiger partial charge < -0.3 is 10.2 Å². The second kappa shape index (κ2) is 8.59. The number of urea groups is 1. The molecule has 4 amide bonds. The molecule has 1 fully saturated rings. The first kappa shape index (κ1) is 20.1. The van der Waals surface area contributed by atoms with Crippen LogP contribution >= 0.6 is 0 Å². The van der Waals surface area contributed by atoms with Crippen LogP contribution in [0, 0.1) is 0 Å². The van der Waals surface area contributed by atoms with Crippen molar-refractivity contribution in [1.29, 1.82) is 0 Å². The summed E-state index contributed by atoms with van der Waals surface area (Å²) in [5.41, 5.74) is 0.681. The van der Waals surface area contributed by atoms with E-state index in [1.54, 1.807) is 4.90 Å². The molecule has 6 heteroatoms. The van der Waals surface area contributed by atoms with Crippen molar-refractivity contribution in [1.82, 2.24) is 15.1 Å². The average molecular weight is 383 g/mol. The molecule has 0 radical (unpaired) electrons. The van der Waals surface area contributed by atoms with E-state index in [4.69, 9.17) is 0 Å².